The number of carbonyl (C=O) groups excluding carboxylic acids is 2. The lowest BCUT2D eigenvalue weighted by atomic mass is 10.2. The van der Waals surface area contributed by atoms with E-state index in [0.29, 0.717) is 0 Å². The monoisotopic (exact) mass is 311 g/mol. The number of amides is 2. The molecule has 7 nitrogen and oxygen atoms in total. The van der Waals surface area contributed by atoms with Gasteiger partial charge in [-0.05, 0) is 18.9 Å². The first kappa shape index (κ1) is 15.2. The minimum absolute atomic E-state index is 0.0217. The van der Waals surface area contributed by atoms with E-state index in [0.717, 1.165) is 18.9 Å². The quantitative estimate of drug-likeness (QED) is 0.616. The Balaban J connectivity index is 1.88. The maximum absolute atomic E-state index is 11.9. The van der Waals surface area contributed by atoms with Gasteiger partial charge in [0.25, 0.3) is 11.6 Å². The highest BCUT2D eigenvalue weighted by Gasteiger charge is 2.23. The number of nitrogens with zero attached hydrogens (tertiary/aromatic N) is 1. The number of hydrogen-bond acceptors (Lipinski definition) is 4. The number of benzene rings is 1. The van der Waals surface area contributed by atoms with Crippen LogP contribution in [-0.2, 0) is 4.79 Å². The Morgan fingerprint density at radius 1 is 1.38 bits per heavy atom. The van der Waals surface area contributed by atoms with E-state index >= 15 is 0 Å². The van der Waals surface area contributed by atoms with Crippen LogP contribution in [0.4, 0.5) is 5.69 Å². The Morgan fingerprint density at radius 3 is 2.71 bits per heavy atom. The summed E-state index contributed by atoms with van der Waals surface area (Å²) >= 11 is 5.85. The van der Waals surface area contributed by atoms with Crippen molar-refractivity contribution in [2.45, 2.75) is 25.3 Å². The van der Waals surface area contributed by atoms with Crippen molar-refractivity contribution in [3.63, 3.8) is 0 Å². The van der Waals surface area contributed by atoms with E-state index in [1.807, 2.05) is 0 Å². The second-order valence-corrected chi connectivity index (χ2v) is 5.18. The Kier molecular flexibility index (Phi) is 4.74. The fraction of sp³-hybridized carbons (Fsp3) is 0.385. The first-order chi connectivity index (χ1) is 9.97. The Hall–Kier alpha value is -2.15. The Morgan fingerprint density at radius 2 is 2.10 bits per heavy atom. The maximum atomic E-state index is 11.9. The smallest absolute Gasteiger partial charge is 0.270 e. The number of carbonyl (C=O) groups is 2. The number of non-ortho nitro benzene ring substituents is 1. The molecule has 0 radical (unpaired) electrons. The molecule has 1 aromatic rings. The van der Waals surface area contributed by atoms with Gasteiger partial charge in [0, 0.05) is 31.1 Å². The highest BCUT2D eigenvalue weighted by molar-refractivity contribution is 6.33. The van der Waals surface area contributed by atoms with Crippen LogP contribution in [-0.4, -0.2) is 29.3 Å². The molecule has 1 aliphatic rings. The van der Waals surface area contributed by atoms with Gasteiger partial charge in [0.1, 0.15) is 0 Å². The van der Waals surface area contributed by atoms with Crippen molar-refractivity contribution < 1.29 is 14.5 Å². The highest BCUT2D eigenvalue weighted by Crippen LogP contribution is 2.22. The molecule has 21 heavy (non-hydrogen) atoms. The van der Waals surface area contributed by atoms with E-state index in [1.165, 1.54) is 12.1 Å². The number of nitro groups is 1. The van der Waals surface area contributed by atoms with Gasteiger partial charge in [0.05, 0.1) is 15.5 Å². The van der Waals surface area contributed by atoms with Crippen molar-refractivity contribution >= 4 is 29.1 Å². The minimum atomic E-state index is -0.601. The normalized spacial score (nSPS) is 13.6. The van der Waals surface area contributed by atoms with E-state index in [4.69, 9.17) is 11.6 Å². The number of nitrogens with one attached hydrogen (secondary N) is 2. The molecular formula is C13H14ClN3O4. The van der Waals surface area contributed by atoms with Crippen LogP contribution in [0.1, 0.15) is 29.6 Å². The zero-order chi connectivity index (χ0) is 15.4. The summed E-state index contributed by atoms with van der Waals surface area (Å²) in [4.78, 5) is 33.4. The maximum Gasteiger partial charge on any atom is 0.270 e. The van der Waals surface area contributed by atoms with Gasteiger partial charge in [0.2, 0.25) is 5.91 Å². The van der Waals surface area contributed by atoms with E-state index in [1.54, 1.807) is 0 Å². The predicted molar refractivity (Wildman–Crippen MR) is 76.2 cm³/mol. The molecule has 0 unspecified atom stereocenters. The lowest BCUT2D eigenvalue weighted by molar-refractivity contribution is -0.384. The zero-order valence-corrected chi connectivity index (χ0v) is 11.9. The van der Waals surface area contributed by atoms with Gasteiger partial charge in [-0.15, -0.1) is 0 Å². The van der Waals surface area contributed by atoms with Crippen LogP contribution >= 0.6 is 11.6 Å². The number of halogens is 1. The molecule has 0 spiro atoms. The van der Waals surface area contributed by atoms with Gasteiger partial charge < -0.3 is 10.6 Å². The predicted octanol–water partition coefficient (Wildman–Crippen LogP) is 1.65. The first-order valence-corrected chi connectivity index (χ1v) is 6.86. The summed E-state index contributed by atoms with van der Waals surface area (Å²) in [6, 6.07) is 3.91. The van der Waals surface area contributed by atoms with Crippen molar-refractivity contribution in [2.75, 3.05) is 6.54 Å². The van der Waals surface area contributed by atoms with Gasteiger partial charge in [-0.3, -0.25) is 19.7 Å². The standard InChI is InChI=1S/C13H14ClN3O4/c14-11-4-3-9(17(20)21)7-10(11)13(19)15-6-5-12(18)16-8-1-2-8/h3-4,7-8H,1-2,5-6H2,(H,15,19)(H,16,18). The lowest BCUT2D eigenvalue weighted by Crippen LogP contribution is -2.31. The summed E-state index contributed by atoms with van der Waals surface area (Å²) in [6.07, 6.45) is 2.16. The summed E-state index contributed by atoms with van der Waals surface area (Å²) in [7, 11) is 0. The van der Waals surface area contributed by atoms with Crippen molar-refractivity contribution in [3.8, 4) is 0 Å². The fourth-order valence-corrected chi connectivity index (χ4v) is 1.92. The first-order valence-electron chi connectivity index (χ1n) is 6.49. The van der Waals surface area contributed by atoms with Crippen LogP contribution in [0.3, 0.4) is 0 Å². The summed E-state index contributed by atoms with van der Waals surface area (Å²) in [5.74, 6) is -0.661. The summed E-state index contributed by atoms with van der Waals surface area (Å²) in [6.45, 7) is 0.149. The third-order valence-corrected chi connectivity index (χ3v) is 3.32. The number of nitro benzene ring substituents is 1. The molecule has 0 aromatic heterocycles. The molecule has 1 aliphatic carbocycles. The van der Waals surface area contributed by atoms with Crippen LogP contribution in [0.5, 0.6) is 0 Å². The van der Waals surface area contributed by atoms with Crippen molar-refractivity contribution in [1.82, 2.24) is 10.6 Å². The van der Waals surface area contributed by atoms with Gasteiger partial charge >= 0.3 is 0 Å². The van der Waals surface area contributed by atoms with Gasteiger partial charge in [0.15, 0.2) is 0 Å². The van der Waals surface area contributed by atoms with Crippen LogP contribution in [0.2, 0.25) is 5.02 Å². The molecule has 0 atom stereocenters. The molecule has 0 aliphatic heterocycles. The lowest BCUT2D eigenvalue weighted by Gasteiger charge is -2.07. The SMILES string of the molecule is O=C(CCNC(=O)c1cc([N+](=O)[O-])ccc1Cl)NC1CC1. The molecule has 0 saturated heterocycles. The molecule has 2 N–H and O–H groups in total. The third kappa shape index (κ3) is 4.42. The molecule has 0 bridgehead atoms. The van der Waals surface area contributed by atoms with E-state index in [2.05, 4.69) is 10.6 Å². The fourth-order valence-electron chi connectivity index (χ4n) is 1.71. The number of rotatable bonds is 6. The topological polar surface area (TPSA) is 101 Å². The van der Waals surface area contributed by atoms with Crippen molar-refractivity contribution in [1.29, 1.82) is 0 Å². The molecule has 1 saturated carbocycles. The second kappa shape index (κ2) is 6.53. The largest absolute Gasteiger partial charge is 0.353 e. The number of hydrogen-bond donors (Lipinski definition) is 2. The van der Waals surface area contributed by atoms with Crippen LogP contribution in [0.15, 0.2) is 18.2 Å². The van der Waals surface area contributed by atoms with Gasteiger partial charge in [-0.2, -0.15) is 0 Å². The molecule has 1 fully saturated rings. The average Bonchev–Trinajstić information content (AvgIpc) is 3.22. The Bertz CT molecular complexity index is 587. The highest BCUT2D eigenvalue weighted by atomic mass is 35.5. The average molecular weight is 312 g/mol. The minimum Gasteiger partial charge on any atom is -0.353 e. The van der Waals surface area contributed by atoms with Crippen LogP contribution in [0, 0.1) is 10.1 Å². The van der Waals surface area contributed by atoms with Crippen molar-refractivity contribution in [3.05, 3.63) is 38.9 Å². The molecule has 8 heteroatoms. The van der Waals surface area contributed by atoms with E-state index in [-0.39, 0.29) is 41.2 Å². The summed E-state index contributed by atoms with van der Waals surface area (Å²) < 4.78 is 0. The molecule has 1 aromatic carbocycles. The molecule has 0 heterocycles. The molecular weight excluding hydrogens is 298 g/mol. The van der Waals surface area contributed by atoms with Gasteiger partial charge in [-0.25, -0.2) is 0 Å². The van der Waals surface area contributed by atoms with E-state index in [9.17, 15) is 19.7 Å². The zero-order valence-electron chi connectivity index (χ0n) is 11.1. The summed E-state index contributed by atoms with van der Waals surface area (Å²) in [5, 5.41) is 16.1. The van der Waals surface area contributed by atoms with Crippen LogP contribution in [0.25, 0.3) is 0 Å². The molecule has 2 amide bonds. The second-order valence-electron chi connectivity index (χ2n) is 4.77. The van der Waals surface area contributed by atoms with Crippen molar-refractivity contribution in [2.24, 2.45) is 0 Å². The molecule has 112 valence electrons. The third-order valence-electron chi connectivity index (χ3n) is 2.99. The van der Waals surface area contributed by atoms with Crippen LogP contribution < -0.4 is 10.6 Å². The Labute approximate surface area is 125 Å². The van der Waals surface area contributed by atoms with E-state index < -0.39 is 10.8 Å². The summed E-state index contributed by atoms with van der Waals surface area (Å²) in [5.41, 5.74) is -0.190. The molecule has 2 rings (SSSR count). The van der Waals surface area contributed by atoms with Gasteiger partial charge in [-0.1, -0.05) is 11.6 Å².